The summed E-state index contributed by atoms with van der Waals surface area (Å²) in [6.07, 6.45) is 0. The second kappa shape index (κ2) is 9.63. The van der Waals surface area contributed by atoms with E-state index in [1.165, 1.54) is 6.07 Å². The molecule has 6 nitrogen and oxygen atoms in total. The second-order valence-corrected chi connectivity index (χ2v) is 7.63. The molecule has 4 rings (SSSR count). The number of benzene rings is 3. The lowest BCUT2D eigenvalue weighted by Crippen LogP contribution is -2.13. The van der Waals surface area contributed by atoms with Crippen molar-refractivity contribution in [2.24, 2.45) is 0 Å². The van der Waals surface area contributed by atoms with Crippen LogP contribution < -0.4 is 10.1 Å². The van der Waals surface area contributed by atoms with Crippen LogP contribution in [0.3, 0.4) is 0 Å². The van der Waals surface area contributed by atoms with E-state index in [1.54, 1.807) is 66.7 Å². The van der Waals surface area contributed by atoms with Gasteiger partial charge in [-0.3, -0.25) is 4.79 Å². The highest BCUT2D eigenvalue weighted by Gasteiger charge is 2.14. The van der Waals surface area contributed by atoms with E-state index in [0.717, 1.165) is 11.8 Å². The fraction of sp³-hybridized carbons (Fsp3) is 0.0455. The van der Waals surface area contributed by atoms with Crippen molar-refractivity contribution in [2.45, 2.75) is 5.22 Å². The Labute approximate surface area is 186 Å². The number of aromatic nitrogens is 2. The van der Waals surface area contributed by atoms with Crippen LogP contribution in [0.4, 0.5) is 10.1 Å². The van der Waals surface area contributed by atoms with Crippen LogP contribution in [0.1, 0.15) is 0 Å². The molecule has 0 saturated heterocycles. The van der Waals surface area contributed by atoms with Crippen LogP contribution in [0.5, 0.6) is 11.5 Å². The molecule has 9 heteroatoms. The number of halogens is 2. The van der Waals surface area contributed by atoms with E-state index in [-0.39, 0.29) is 28.3 Å². The summed E-state index contributed by atoms with van der Waals surface area (Å²) in [5.41, 5.74) is 0.832. The lowest BCUT2D eigenvalue weighted by Gasteiger charge is -2.08. The van der Waals surface area contributed by atoms with Crippen molar-refractivity contribution in [2.75, 3.05) is 11.1 Å². The van der Waals surface area contributed by atoms with Crippen LogP contribution in [0.25, 0.3) is 11.5 Å². The van der Waals surface area contributed by atoms with E-state index in [4.69, 9.17) is 20.8 Å². The summed E-state index contributed by atoms with van der Waals surface area (Å²) in [5, 5.41) is 11.3. The molecule has 3 aromatic carbocycles. The average Bonchev–Trinajstić information content (AvgIpc) is 3.24. The van der Waals surface area contributed by atoms with Crippen molar-refractivity contribution in [1.82, 2.24) is 10.2 Å². The van der Waals surface area contributed by atoms with Gasteiger partial charge in [-0.2, -0.15) is 0 Å². The van der Waals surface area contributed by atoms with Gasteiger partial charge in [0.05, 0.1) is 11.3 Å². The highest BCUT2D eigenvalue weighted by atomic mass is 35.5. The monoisotopic (exact) mass is 455 g/mol. The molecule has 1 aromatic heterocycles. The van der Waals surface area contributed by atoms with Gasteiger partial charge in [0.15, 0.2) is 0 Å². The zero-order valence-corrected chi connectivity index (χ0v) is 17.5. The fourth-order valence-electron chi connectivity index (χ4n) is 2.58. The van der Waals surface area contributed by atoms with Crippen molar-refractivity contribution in [3.63, 3.8) is 0 Å². The quantitative estimate of drug-likeness (QED) is 0.342. The van der Waals surface area contributed by atoms with Gasteiger partial charge in [-0.15, -0.1) is 10.2 Å². The molecule has 0 aliphatic carbocycles. The molecule has 31 heavy (non-hydrogen) atoms. The van der Waals surface area contributed by atoms with Crippen molar-refractivity contribution in [3.05, 3.63) is 83.6 Å². The number of hydrogen-bond acceptors (Lipinski definition) is 6. The minimum Gasteiger partial charge on any atom is -0.457 e. The molecule has 0 saturated carbocycles. The zero-order chi connectivity index (χ0) is 21.6. The van der Waals surface area contributed by atoms with Crippen molar-refractivity contribution < 1.29 is 18.3 Å². The molecule has 4 aromatic rings. The third-order valence-corrected chi connectivity index (χ3v) is 5.10. The molecule has 0 aliphatic rings. The van der Waals surface area contributed by atoms with Crippen molar-refractivity contribution in [1.29, 1.82) is 0 Å². The largest absolute Gasteiger partial charge is 0.457 e. The van der Waals surface area contributed by atoms with Crippen LogP contribution >= 0.6 is 23.4 Å². The molecule has 0 radical (unpaired) electrons. The number of rotatable bonds is 7. The molecule has 0 unspecified atom stereocenters. The summed E-state index contributed by atoms with van der Waals surface area (Å²) in [7, 11) is 0. The Morgan fingerprint density at radius 2 is 1.68 bits per heavy atom. The van der Waals surface area contributed by atoms with E-state index < -0.39 is 5.82 Å². The second-order valence-electron chi connectivity index (χ2n) is 6.27. The van der Waals surface area contributed by atoms with Crippen LogP contribution in [0, 0.1) is 5.82 Å². The first-order valence-corrected chi connectivity index (χ1v) is 10.5. The van der Waals surface area contributed by atoms with Gasteiger partial charge in [0.1, 0.15) is 17.3 Å². The first kappa shape index (κ1) is 20.9. The Balaban J connectivity index is 1.29. The van der Waals surface area contributed by atoms with E-state index in [9.17, 15) is 9.18 Å². The van der Waals surface area contributed by atoms with E-state index >= 15 is 0 Å². The number of nitrogens with zero attached hydrogens (tertiary/aromatic N) is 2. The Morgan fingerprint density at radius 1 is 1.00 bits per heavy atom. The predicted molar refractivity (Wildman–Crippen MR) is 117 cm³/mol. The number of ether oxygens (including phenoxy) is 1. The number of hydrogen-bond donors (Lipinski definition) is 1. The maximum Gasteiger partial charge on any atom is 0.277 e. The summed E-state index contributed by atoms with van der Waals surface area (Å²) >= 11 is 6.92. The maximum absolute atomic E-state index is 13.8. The van der Waals surface area contributed by atoms with Gasteiger partial charge in [-0.1, -0.05) is 35.5 Å². The van der Waals surface area contributed by atoms with Gasteiger partial charge in [-0.25, -0.2) is 4.39 Å². The highest BCUT2D eigenvalue weighted by Crippen LogP contribution is 2.26. The summed E-state index contributed by atoms with van der Waals surface area (Å²) in [4.78, 5) is 12.2. The number of amides is 1. The first-order valence-electron chi connectivity index (χ1n) is 9.11. The summed E-state index contributed by atoms with van der Waals surface area (Å²) in [6.45, 7) is 0. The van der Waals surface area contributed by atoms with Crippen LogP contribution in [-0.2, 0) is 4.79 Å². The van der Waals surface area contributed by atoms with Crippen molar-refractivity contribution >= 4 is 35.0 Å². The summed E-state index contributed by atoms with van der Waals surface area (Å²) in [6, 6.07) is 20.1. The fourth-order valence-corrected chi connectivity index (χ4v) is 3.27. The van der Waals surface area contributed by atoms with Gasteiger partial charge < -0.3 is 14.5 Å². The highest BCUT2D eigenvalue weighted by molar-refractivity contribution is 7.99. The van der Waals surface area contributed by atoms with Crippen LogP contribution in [0.15, 0.2) is 82.4 Å². The normalized spacial score (nSPS) is 10.6. The molecule has 156 valence electrons. The molecule has 0 spiro atoms. The molecule has 1 heterocycles. The van der Waals surface area contributed by atoms with Gasteiger partial charge >= 0.3 is 0 Å². The third-order valence-electron chi connectivity index (χ3n) is 4.02. The molecule has 0 fully saturated rings. The van der Waals surface area contributed by atoms with Gasteiger partial charge in [-0.05, 0) is 60.7 Å². The Kier molecular flexibility index (Phi) is 6.49. The third kappa shape index (κ3) is 5.62. The zero-order valence-electron chi connectivity index (χ0n) is 15.9. The number of carbonyl (C=O) groups excluding carboxylic acids is 1. The Hall–Kier alpha value is -3.36. The molecule has 1 amide bonds. The summed E-state index contributed by atoms with van der Waals surface area (Å²) in [5.74, 6) is 0.707. The van der Waals surface area contributed by atoms with Crippen LogP contribution in [0.2, 0.25) is 5.02 Å². The molecule has 0 aliphatic heterocycles. The van der Waals surface area contributed by atoms with Gasteiger partial charge in [0.2, 0.25) is 5.91 Å². The van der Waals surface area contributed by atoms with Crippen molar-refractivity contribution in [3.8, 4) is 23.0 Å². The molecule has 1 N–H and O–H groups in total. The number of anilines is 1. The Bertz CT molecular complexity index is 1180. The minimum atomic E-state index is -0.455. The molecule has 0 atom stereocenters. The van der Waals surface area contributed by atoms with Gasteiger partial charge in [0, 0.05) is 10.7 Å². The molecular weight excluding hydrogens is 441 g/mol. The molecule has 0 bridgehead atoms. The van der Waals surface area contributed by atoms with Crippen LogP contribution in [-0.4, -0.2) is 21.9 Å². The maximum atomic E-state index is 13.8. The lowest BCUT2D eigenvalue weighted by atomic mass is 10.2. The number of thioether (sulfide) groups is 1. The smallest absolute Gasteiger partial charge is 0.277 e. The average molecular weight is 456 g/mol. The van der Waals surface area contributed by atoms with E-state index in [1.807, 2.05) is 0 Å². The SMILES string of the molecule is O=C(CSc1nnc(-c2ccccc2F)o1)Nc1ccc(Oc2ccc(Cl)cc2)cc1. The van der Waals surface area contributed by atoms with E-state index in [0.29, 0.717) is 22.2 Å². The topological polar surface area (TPSA) is 77.2 Å². The summed E-state index contributed by atoms with van der Waals surface area (Å²) < 4.78 is 24.9. The minimum absolute atomic E-state index is 0.0575. The number of carbonyl (C=O) groups is 1. The van der Waals surface area contributed by atoms with E-state index in [2.05, 4.69) is 15.5 Å². The lowest BCUT2D eigenvalue weighted by molar-refractivity contribution is -0.113. The Morgan fingerprint density at radius 3 is 2.39 bits per heavy atom. The molecular formula is C22H15ClFN3O3S. The number of nitrogens with one attached hydrogen (secondary N) is 1. The predicted octanol–water partition coefficient (Wildman–Crippen LogP) is 6.05. The first-order chi connectivity index (χ1) is 15.1. The van der Waals surface area contributed by atoms with Gasteiger partial charge in [0.25, 0.3) is 11.1 Å². The standard InChI is InChI=1S/C22H15ClFN3O3S/c23-14-5-9-16(10-6-14)29-17-11-7-15(8-12-17)25-20(28)13-31-22-27-26-21(30-22)18-3-1-2-4-19(18)24/h1-12H,13H2,(H,25,28).